The van der Waals surface area contributed by atoms with Gasteiger partial charge in [0.1, 0.15) is 5.69 Å². The molecule has 104 valence electrons. The average molecular weight is 281 g/mol. The molecule has 7 heteroatoms. The normalized spacial score (nSPS) is 10.3. The van der Waals surface area contributed by atoms with Gasteiger partial charge in [0.15, 0.2) is 0 Å². The molecule has 0 aliphatic rings. The fraction of sp³-hybridized carbons (Fsp3) is 0.0714. The first-order valence-electron chi connectivity index (χ1n) is 6.21. The number of aryl methyl sites for hydroxylation is 1. The standard InChI is InChI=1S/C14H11N5O2/c1-9-4-2-3-5-10(9)17-13(20)14-18-12(19-21-14)11-8-15-6-7-16-11/h2-8H,1H3,(H,17,20). The van der Waals surface area contributed by atoms with Gasteiger partial charge in [-0.15, -0.1) is 0 Å². The number of para-hydroxylation sites is 1. The highest BCUT2D eigenvalue weighted by atomic mass is 16.5. The van der Waals surface area contributed by atoms with Crippen LogP contribution in [0, 0.1) is 6.92 Å². The summed E-state index contributed by atoms with van der Waals surface area (Å²) < 4.78 is 4.95. The van der Waals surface area contributed by atoms with E-state index in [4.69, 9.17) is 4.52 Å². The smallest absolute Gasteiger partial charge is 0.316 e. The van der Waals surface area contributed by atoms with Crippen LogP contribution in [-0.4, -0.2) is 26.0 Å². The van der Waals surface area contributed by atoms with Gasteiger partial charge in [0.05, 0.1) is 6.20 Å². The molecule has 3 aromatic rings. The fourth-order valence-corrected chi connectivity index (χ4v) is 1.72. The van der Waals surface area contributed by atoms with Gasteiger partial charge in [-0.05, 0) is 18.6 Å². The number of hydrogen-bond donors (Lipinski definition) is 1. The highest BCUT2D eigenvalue weighted by molar-refractivity contribution is 6.01. The molecule has 0 atom stereocenters. The first-order chi connectivity index (χ1) is 10.2. The maximum Gasteiger partial charge on any atom is 0.316 e. The summed E-state index contributed by atoms with van der Waals surface area (Å²) in [4.78, 5) is 24.0. The monoisotopic (exact) mass is 281 g/mol. The van der Waals surface area contributed by atoms with Crippen LogP contribution in [0.25, 0.3) is 11.5 Å². The highest BCUT2D eigenvalue weighted by Gasteiger charge is 2.17. The molecule has 2 heterocycles. The molecule has 0 fully saturated rings. The molecule has 3 rings (SSSR count). The lowest BCUT2D eigenvalue weighted by Gasteiger charge is -2.04. The number of carbonyl (C=O) groups excluding carboxylic acids is 1. The van der Waals surface area contributed by atoms with E-state index in [1.54, 1.807) is 6.07 Å². The second-order valence-electron chi connectivity index (χ2n) is 4.28. The van der Waals surface area contributed by atoms with E-state index in [0.29, 0.717) is 11.4 Å². The molecular weight excluding hydrogens is 270 g/mol. The van der Waals surface area contributed by atoms with Crippen LogP contribution in [0.4, 0.5) is 5.69 Å². The van der Waals surface area contributed by atoms with E-state index >= 15 is 0 Å². The van der Waals surface area contributed by atoms with E-state index in [9.17, 15) is 4.79 Å². The second kappa shape index (κ2) is 5.49. The lowest BCUT2D eigenvalue weighted by molar-refractivity contribution is 0.0981. The van der Waals surface area contributed by atoms with Crippen molar-refractivity contribution < 1.29 is 9.32 Å². The molecule has 0 saturated carbocycles. The lowest BCUT2D eigenvalue weighted by atomic mass is 10.2. The Bertz CT molecular complexity index is 770. The quantitative estimate of drug-likeness (QED) is 0.790. The molecule has 0 aliphatic heterocycles. The zero-order chi connectivity index (χ0) is 14.7. The van der Waals surface area contributed by atoms with Crippen molar-refractivity contribution in [3.8, 4) is 11.5 Å². The van der Waals surface area contributed by atoms with Crippen LogP contribution in [0.5, 0.6) is 0 Å². The van der Waals surface area contributed by atoms with Crippen LogP contribution in [0.15, 0.2) is 47.4 Å². The first kappa shape index (κ1) is 12.9. The van der Waals surface area contributed by atoms with E-state index in [2.05, 4.69) is 25.4 Å². The lowest BCUT2D eigenvalue weighted by Crippen LogP contribution is -2.13. The SMILES string of the molecule is Cc1ccccc1NC(=O)c1nc(-c2cnccn2)no1. The van der Waals surface area contributed by atoms with E-state index in [0.717, 1.165) is 5.56 Å². The Kier molecular flexibility index (Phi) is 3.38. The summed E-state index contributed by atoms with van der Waals surface area (Å²) in [5.41, 5.74) is 2.08. The van der Waals surface area contributed by atoms with Crippen molar-refractivity contribution in [3.63, 3.8) is 0 Å². The summed E-state index contributed by atoms with van der Waals surface area (Å²) in [5, 5.41) is 6.44. The van der Waals surface area contributed by atoms with Gasteiger partial charge >= 0.3 is 11.8 Å². The molecule has 0 radical (unpaired) electrons. The second-order valence-corrected chi connectivity index (χ2v) is 4.28. The van der Waals surface area contributed by atoms with Crippen molar-refractivity contribution in [1.29, 1.82) is 0 Å². The zero-order valence-corrected chi connectivity index (χ0v) is 11.1. The number of carbonyl (C=O) groups is 1. The van der Waals surface area contributed by atoms with Crippen LogP contribution >= 0.6 is 0 Å². The number of anilines is 1. The van der Waals surface area contributed by atoms with Crippen LogP contribution < -0.4 is 5.32 Å². The predicted octanol–water partition coefficient (Wildman–Crippen LogP) is 2.09. The first-order valence-corrected chi connectivity index (χ1v) is 6.21. The maximum atomic E-state index is 12.1. The summed E-state index contributed by atoms with van der Waals surface area (Å²) in [7, 11) is 0. The average Bonchev–Trinajstić information content (AvgIpc) is 3.00. The summed E-state index contributed by atoms with van der Waals surface area (Å²) in [6, 6.07) is 7.42. The van der Waals surface area contributed by atoms with E-state index in [1.807, 2.05) is 25.1 Å². The fourth-order valence-electron chi connectivity index (χ4n) is 1.72. The van der Waals surface area contributed by atoms with Crippen LogP contribution in [0.3, 0.4) is 0 Å². The Hall–Kier alpha value is -3.09. The van der Waals surface area contributed by atoms with Crippen LogP contribution in [-0.2, 0) is 0 Å². The molecule has 0 saturated heterocycles. The van der Waals surface area contributed by atoms with Crippen molar-refractivity contribution in [2.24, 2.45) is 0 Å². The van der Waals surface area contributed by atoms with E-state index < -0.39 is 5.91 Å². The Labute approximate surface area is 120 Å². The third-order valence-corrected chi connectivity index (χ3v) is 2.81. The molecule has 7 nitrogen and oxygen atoms in total. The number of rotatable bonds is 3. The number of nitrogens with one attached hydrogen (secondary N) is 1. The Morgan fingerprint density at radius 3 is 2.86 bits per heavy atom. The van der Waals surface area contributed by atoms with Gasteiger partial charge in [-0.2, -0.15) is 4.98 Å². The summed E-state index contributed by atoms with van der Waals surface area (Å²) in [6.07, 6.45) is 4.54. The Morgan fingerprint density at radius 1 is 1.24 bits per heavy atom. The van der Waals surface area contributed by atoms with Gasteiger partial charge < -0.3 is 9.84 Å². The van der Waals surface area contributed by atoms with Crippen LogP contribution in [0.2, 0.25) is 0 Å². The zero-order valence-electron chi connectivity index (χ0n) is 11.1. The molecule has 1 aromatic carbocycles. The number of nitrogens with zero attached hydrogens (tertiary/aromatic N) is 4. The predicted molar refractivity (Wildman–Crippen MR) is 74.5 cm³/mol. The minimum absolute atomic E-state index is 0.126. The van der Waals surface area contributed by atoms with Gasteiger partial charge in [0.25, 0.3) is 0 Å². The number of amides is 1. The molecule has 0 bridgehead atoms. The van der Waals surface area contributed by atoms with Crippen LogP contribution in [0.1, 0.15) is 16.2 Å². The molecule has 2 aromatic heterocycles. The van der Waals surface area contributed by atoms with Crippen molar-refractivity contribution >= 4 is 11.6 Å². The van der Waals surface area contributed by atoms with Crippen molar-refractivity contribution in [2.75, 3.05) is 5.32 Å². The minimum Gasteiger partial charge on any atom is -0.328 e. The number of hydrogen-bond acceptors (Lipinski definition) is 6. The third kappa shape index (κ3) is 2.76. The highest BCUT2D eigenvalue weighted by Crippen LogP contribution is 2.15. The topological polar surface area (TPSA) is 93.8 Å². The molecule has 1 N–H and O–H groups in total. The maximum absolute atomic E-state index is 12.1. The Morgan fingerprint density at radius 2 is 2.10 bits per heavy atom. The molecule has 21 heavy (non-hydrogen) atoms. The minimum atomic E-state index is -0.466. The molecule has 1 amide bonds. The number of benzene rings is 1. The van der Waals surface area contributed by atoms with Gasteiger partial charge in [-0.1, -0.05) is 23.4 Å². The molecular formula is C14H11N5O2. The molecule has 0 unspecified atom stereocenters. The molecule has 0 spiro atoms. The van der Waals surface area contributed by atoms with Gasteiger partial charge in [0, 0.05) is 18.1 Å². The van der Waals surface area contributed by atoms with Gasteiger partial charge in [-0.25, -0.2) is 4.98 Å². The summed E-state index contributed by atoms with van der Waals surface area (Å²) in [6.45, 7) is 1.90. The van der Waals surface area contributed by atoms with Crippen molar-refractivity contribution in [1.82, 2.24) is 20.1 Å². The van der Waals surface area contributed by atoms with Crippen molar-refractivity contribution in [2.45, 2.75) is 6.92 Å². The van der Waals surface area contributed by atoms with E-state index in [1.165, 1.54) is 18.6 Å². The Balaban J connectivity index is 1.80. The van der Waals surface area contributed by atoms with E-state index in [-0.39, 0.29) is 11.7 Å². The third-order valence-electron chi connectivity index (χ3n) is 2.81. The molecule has 0 aliphatic carbocycles. The van der Waals surface area contributed by atoms with Gasteiger partial charge in [0.2, 0.25) is 5.82 Å². The summed E-state index contributed by atoms with van der Waals surface area (Å²) in [5.74, 6) is -0.371. The summed E-state index contributed by atoms with van der Waals surface area (Å²) >= 11 is 0. The van der Waals surface area contributed by atoms with Crippen molar-refractivity contribution in [3.05, 3.63) is 54.3 Å². The largest absolute Gasteiger partial charge is 0.328 e. The number of aromatic nitrogens is 4. The van der Waals surface area contributed by atoms with Gasteiger partial charge in [-0.3, -0.25) is 9.78 Å².